The third kappa shape index (κ3) is 1.52. The summed E-state index contributed by atoms with van der Waals surface area (Å²) in [7, 11) is 0. The van der Waals surface area contributed by atoms with Gasteiger partial charge in [-0.05, 0) is 0 Å². The van der Waals surface area contributed by atoms with Crippen LogP contribution in [0.15, 0.2) is 12.2 Å². The van der Waals surface area contributed by atoms with E-state index >= 15 is 0 Å². The molecule has 0 aliphatic carbocycles. The van der Waals surface area contributed by atoms with Gasteiger partial charge in [0.1, 0.15) is 6.29 Å². The minimum Gasteiger partial charge on any atom is -0.303 e. The zero-order valence-corrected chi connectivity index (χ0v) is 5.82. The summed E-state index contributed by atoms with van der Waals surface area (Å²) in [5.74, 6) is -0.672. The molecule has 0 saturated carbocycles. The third-order valence-electron chi connectivity index (χ3n) is 1.37. The Bertz CT molecular complexity index is 214. The van der Waals surface area contributed by atoms with Gasteiger partial charge in [-0.25, -0.2) is 0 Å². The number of hydrogen-bond acceptors (Lipinski definition) is 3. The molecule has 0 aromatic carbocycles. The normalized spacial score (nSPS) is 16.2. The van der Waals surface area contributed by atoms with E-state index in [4.69, 9.17) is 0 Å². The van der Waals surface area contributed by atoms with E-state index < -0.39 is 0 Å². The highest BCUT2D eigenvalue weighted by atomic mass is 16.2. The van der Waals surface area contributed by atoms with Gasteiger partial charge in [-0.1, -0.05) is 0 Å². The summed E-state index contributed by atoms with van der Waals surface area (Å²) >= 11 is 0. The standard InChI is InChI=1S/C7H7NO3/c9-5-1-4-8-6(10)2-3-7(8)11/h2-3,5H,1,4H2. The molecule has 1 heterocycles. The van der Waals surface area contributed by atoms with Crippen LogP contribution in [-0.4, -0.2) is 29.5 Å². The van der Waals surface area contributed by atoms with E-state index in [1.165, 1.54) is 12.2 Å². The number of carbonyl (C=O) groups excluding carboxylic acids is 3. The van der Waals surface area contributed by atoms with Crippen molar-refractivity contribution in [2.75, 3.05) is 6.54 Å². The molecule has 0 spiro atoms. The van der Waals surface area contributed by atoms with E-state index in [1.807, 2.05) is 0 Å². The Morgan fingerprint density at radius 3 is 2.27 bits per heavy atom. The predicted molar refractivity (Wildman–Crippen MR) is 36.5 cm³/mol. The number of hydrogen-bond donors (Lipinski definition) is 0. The molecule has 11 heavy (non-hydrogen) atoms. The van der Waals surface area contributed by atoms with E-state index in [1.54, 1.807) is 0 Å². The second kappa shape index (κ2) is 3.09. The van der Waals surface area contributed by atoms with Crippen molar-refractivity contribution in [3.63, 3.8) is 0 Å². The molecule has 0 aromatic rings. The topological polar surface area (TPSA) is 54.5 Å². The van der Waals surface area contributed by atoms with Crippen molar-refractivity contribution in [2.24, 2.45) is 0 Å². The molecule has 0 unspecified atom stereocenters. The molecule has 1 aliphatic rings. The van der Waals surface area contributed by atoms with E-state index in [0.717, 1.165) is 4.90 Å². The highest BCUT2D eigenvalue weighted by Crippen LogP contribution is 2.02. The third-order valence-corrected chi connectivity index (χ3v) is 1.37. The zero-order valence-electron chi connectivity index (χ0n) is 5.82. The van der Waals surface area contributed by atoms with Crippen molar-refractivity contribution >= 4 is 18.1 Å². The van der Waals surface area contributed by atoms with Crippen molar-refractivity contribution in [1.29, 1.82) is 0 Å². The number of amides is 2. The average molecular weight is 153 g/mol. The Labute approximate surface area is 63.5 Å². The first kappa shape index (κ1) is 7.65. The first-order chi connectivity index (χ1) is 5.25. The molecule has 0 atom stereocenters. The molecule has 1 aliphatic heterocycles. The maximum atomic E-state index is 10.8. The van der Waals surface area contributed by atoms with Gasteiger partial charge in [0.05, 0.1) is 0 Å². The lowest BCUT2D eigenvalue weighted by Crippen LogP contribution is -2.30. The molecule has 0 N–H and O–H groups in total. The fraction of sp³-hybridized carbons (Fsp3) is 0.286. The summed E-state index contributed by atoms with van der Waals surface area (Å²) < 4.78 is 0. The lowest BCUT2D eigenvalue weighted by molar-refractivity contribution is -0.136. The van der Waals surface area contributed by atoms with Crippen LogP contribution in [0, 0.1) is 0 Å². The molecule has 2 amide bonds. The van der Waals surface area contributed by atoms with Gasteiger partial charge in [-0.15, -0.1) is 0 Å². The van der Waals surface area contributed by atoms with Gasteiger partial charge in [-0.2, -0.15) is 0 Å². The summed E-state index contributed by atoms with van der Waals surface area (Å²) in [5.41, 5.74) is 0. The van der Waals surface area contributed by atoms with Crippen LogP contribution in [-0.2, 0) is 14.4 Å². The second-order valence-corrected chi connectivity index (χ2v) is 2.12. The van der Waals surface area contributed by atoms with Crippen molar-refractivity contribution in [3.8, 4) is 0 Å². The molecule has 1 rings (SSSR count). The van der Waals surface area contributed by atoms with E-state index in [0.29, 0.717) is 6.29 Å². The van der Waals surface area contributed by atoms with Crippen LogP contribution in [0.5, 0.6) is 0 Å². The Morgan fingerprint density at radius 2 is 1.82 bits per heavy atom. The summed E-state index contributed by atoms with van der Waals surface area (Å²) in [5, 5.41) is 0. The number of nitrogens with zero attached hydrogens (tertiary/aromatic N) is 1. The maximum absolute atomic E-state index is 10.8. The molecule has 0 fully saturated rings. The predicted octanol–water partition coefficient (Wildman–Crippen LogP) is -0.500. The van der Waals surface area contributed by atoms with Gasteiger partial charge >= 0.3 is 0 Å². The molecular formula is C7H7NO3. The quantitative estimate of drug-likeness (QED) is 0.405. The number of imide groups is 1. The summed E-state index contributed by atoms with van der Waals surface area (Å²) in [4.78, 5) is 32.5. The summed E-state index contributed by atoms with van der Waals surface area (Å²) in [6, 6.07) is 0. The minimum absolute atomic E-state index is 0.189. The van der Waals surface area contributed by atoms with Crippen LogP contribution < -0.4 is 0 Å². The minimum atomic E-state index is -0.336. The zero-order chi connectivity index (χ0) is 8.27. The average Bonchev–Trinajstić information content (AvgIpc) is 2.29. The molecule has 0 radical (unpaired) electrons. The highest BCUT2D eigenvalue weighted by Gasteiger charge is 2.21. The van der Waals surface area contributed by atoms with Crippen LogP contribution in [0.2, 0.25) is 0 Å². The van der Waals surface area contributed by atoms with E-state index in [9.17, 15) is 14.4 Å². The van der Waals surface area contributed by atoms with E-state index in [2.05, 4.69) is 0 Å². The number of rotatable bonds is 3. The fourth-order valence-electron chi connectivity index (χ4n) is 0.833. The largest absolute Gasteiger partial charge is 0.303 e. The van der Waals surface area contributed by atoms with Crippen LogP contribution in [0.25, 0.3) is 0 Å². The van der Waals surface area contributed by atoms with Gasteiger partial charge in [-0.3, -0.25) is 14.5 Å². The summed E-state index contributed by atoms with van der Waals surface area (Å²) in [6.07, 6.45) is 3.29. The molecule has 4 nitrogen and oxygen atoms in total. The SMILES string of the molecule is O=CCCN1C(=O)C=CC1=O. The fourth-order valence-corrected chi connectivity index (χ4v) is 0.833. The first-order valence-corrected chi connectivity index (χ1v) is 3.23. The van der Waals surface area contributed by atoms with Gasteiger partial charge in [0.25, 0.3) is 11.8 Å². The molecule has 0 saturated heterocycles. The van der Waals surface area contributed by atoms with Crippen molar-refractivity contribution in [2.45, 2.75) is 6.42 Å². The van der Waals surface area contributed by atoms with Crippen LogP contribution in [0.1, 0.15) is 6.42 Å². The highest BCUT2D eigenvalue weighted by molar-refractivity contribution is 6.12. The monoisotopic (exact) mass is 153 g/mol. The van der Waals surface area contributed by atoms with Gasteiger partial charge in [0.15, 0.2) is 0 Å². The Morgan fingerprint density at radius 1 is 1.27 bits per heavy atom. The first-order valence-electron chi connectivity index (χ1n) is 3.23. The van der Waals surface area contributed by atoms with Gasteiger partial charge < -0.3 is 4.79 Å². The Kier molecular flexibility index (Phi) is 2.15. The molecule has 0 bridgehead atoms. The molecule has 58 valence electrons. The lowest BCUT2D eigenvalue weighted by atomic mass is 10.4. The van der Waals surface area contributed by atoms with Crippen molar-refractivity contribution in [3.05, 3.63) is 12.2 Å². The molecule has 0 aromatic heterocycles. The number of carbonyl (C=O) groups is 3. The summed E-state index contributed by atoms with van der Waals surface area (Å²) in [6.45, 7) is 0.189. The maximum Gasteiger partial charge on any atom is 0.253 e. The molecular weight excluding hydrogens is 146 g/mol. The van der Waals surface area contributed by atoms with Gasteiger partial charge in [0.2, 0.25) is 0 Å². The van der Waals surface area contributed by atoms with E-state index in [-0.39, 0.29) is 24.8 Å². The Hall–Kier alpha value is -1.45. The molecule has 4 heteroatoms. The van der Waals surface area contributed by atoms with Crippen molar-refractivity contribution in [1.82, 2.24) is 4.90 Å². The lowest BCUT2D eigenvalue weighted by Gasteiger charge is -2.10. The van der Waals surface area contributed by atoms with Gasteiger partial charge in [0, 0.05) is 25.1 Å². The second-order valence-electron chi connectivity index (χ2n) is 2.12. The van der Waals surface area contributed by atoms with Crippen LogP contribution >= 0.6 is 0 Å². The number of aldehydes is 1. The van der Waals surface area contributed by atoms with Crippen LogP contribution in [0.3, 0.4) is 0 Å². The van der Waals surface area contributed by atoms with Crippen molar-refractivity contribution < 1.29 is 14.4 Å². The smallest absolute Gasteiger partial charge is 0.253 e. The van der Waals surface area contributed by atoms with Crippen LogP contribution in [0.4, 0.5) is 0 Å². The Balaban J connectivity index is 2.52.